The van der Waals surface area contributed by atoms with Crippen molar-refractivity contribution >= 4 is 21.6 Å². The van der Waals surface area contributed by atoms with Crippen LogP contribution >= 0.6 is 0 Å². The minimum atomic E-state index is -3.67. The zero-order valence-electron chi connectivity index (χ0n) is 17.4. The molecule has 1 amide bonds. The summed E-state index contributed by atoms with van der Waals surface area (Å²) in [5.41, 5.74) is 3.76. The number of amides is 1. The van der Waals surface area contributed by atoms with Gasteiger partial charge in [-0.2, -0.15) is 4.31 Å². The predicted molar refractivity (Wildman–Crippen MR) is 114 cm³/mol. The number of nitrogens with one attached hydrogen (secondary N) is 1. The average molecular weight is 417 g/mol. The Morgan fingerprint density at radius 1 is 1.03 bits per heavy atom. The van der Waals surface area contributed by atoms with Gasteiger partial charge in [-0.25, -0.2) is 8.42 Å². The molecule has 0 saturated carbocycles. The van der Waals surface area contributed by atoms with Crippen LogP contribution in [0.3, 0.4) is 0 Å². The smallest absolute Gasteiger partial charge is 0.246 e. The molecule has 1 heterocycles. The van der Waals surface area contributed by atoms with E-state index in [-0.39, 0.29) is 16.7 Å². The lowest BCUT2D eigenvalue weighted by molar-refractivity contribution is -0.120. The standard InChI is InChI=1S/C22H28N2O4S/c1-15-5-7-17(3)19(13-15)23-22(25)18-9-11-24(12-10-18)29(26,27)21-14-16(2)6-8-20(21)28-4/h5-8,13-14,18H,9-12H2,1-4H3,(H,23,25). The van der Waals surface area contributed by atoms with Crippen LogP contribution in [0.15, 0.2) is 41.3 Å². The molecule has 29 heavy (non-hydrogen) atoms. The van der Waals surface area contributed by atoms with Crippen molar-refractivity contribution in [2.24, 2.45) is 5.92 Å². The number of carbonyl (C=O) groups excluding carboxylic acids is 1. The molecule has 1 saturated heterocycles. The first kappa shape index (κ1) is 21.3. The zero-order valence-corrected chi connectivity index (χ0v) is 18.2. The molecule has 7 heteroatoms. The first-order valence-electron chi connectivity index (χ1n) is 9.75. The van der Waals surface area contributed by atoms with E-state index in [2.05, 4.69) is 5.32 Å². The molecule has 0 spiro atoms. The fraction of sp³-hybridized carbons (Fsp3) is 0.409. The number of nitrogens with zero attached hydrogens (tertiary/aromatic N) is 1. The van der Waals surface area contributed by atoms with Crippen molar-refractivity contribution in [1.82, 2.24) is 4.31 Å². The number of piperidine rings is 1. The van der Waals surface area contributed by atoms with Crippen LogP contribution in [0, 0.1) is 26.7 Å². The van der Waals surface area contributed by atoms with Crippen molar-refractivity contribution < 1.29 is 17.9 Å². The summed E-state index contributed by atoms with van der Waals surface area (Å²) in [6, 6.07) is 11.1. The van der Waals surface area contributed by atoms with Crippen LogP contribution in [0.4, 0.5) is 5.69 Å². The predicted octanol–water partition coefficient (Wildman–Crippen LogP) is 3.66. The molecule has 0 atom stereocenters. The molecule has 0 aromatic heterocycles. The summed E-state index contributed by atoms with van der Waals surface area (Å²) in [7, 11) is -2.21. The van der Waals surface area contributed by atoms with Gasteiger partial charge in [0.15, 0.2) is 0 Å². The molecule has 3 rings (SSSR count). The van der Waals surface area contributed by atoms with Crippen LogP contribution in [0.25, 0.3) is 0 Å². The Labute approximate surface area is 172 Å². The molecule has 6 nitrogen and oxygen atoms in total. The van der Waals surface area contributed by atoms with Gasteiger partial charge >= 0.3 is 0 Å². The van der Waals surface area contributed by atoms with Crippen LogP contribution in [-0.4, -0.2) is 38.8 Å². The molecule has 2 aromatic carbocycles. The summed E-state index contributed by atoms with van der Waals surface area (Å²) in [6.45, 7) is 6.41. The third kappa shape index (κ3) is 4.62. The van der Waals surface area contributed by atoms with E-state index in [1.807, 2.05) is 45.0 Å². The van der Waals surface area contributed by atoms with E-state index < -0.39 is 10.0 Å². The maximum atomic E-state index is 13.1. The number of carbonyl (C=O) groups is 1. The number of rotatable bonds is 5. The average Bonchev–Trinajstić information content (AvgIpc) is 2.70. The molecule has 0 radical (unpaired) electrons. The highest BCUT2D eigenvalue weighted by molar-refractivity contribution is 7.89. The fourth-order valence-electron chi connectivity index (χ4n) is 3.59. The highest BCUT2D eigenvalue weighted by Crippen LogP contribution is 2.31. The molecular weight excluding hydrogens is 388 g/mol. The lowest BCUT2D eigenvalue weighted by Gasteiger charge is -2.31. The van der Waals surface area contributed by atoms with Gasteiger partial charge in [0.05, 0.1) is 7.11 Å². The third-order valence-electron chi connectivity index (χ3n) is 5.41. The summed E-state index contributed by atoms with van der Waals surface area (Å²) in [5.74, 6) is 0.0787. The van der Waals surface area contributed by atoms with Gasteiger partial charge in [0, 0.05) is 24.7 Å². The highest BCUT2D eigenvalue weighted by atomic mass is 32.2. The van der Waals surface area contributed by atoms with Crippen LogP contribution in [0.2, 0.25) is 0 Å². The maximum absolute atomic E-state index is 13.1. The van der Waals surface area contributed by atoms with Gasteiger partial charge in [0.25, 0.3) is 0 Å². The number of hydrogen-bond acceptors (Lipinski definition) is 4. The van der Waals surface area contributed by atoms with Crippen molar-refractivity contribution in [1.29, 1.82) is 0 Å². The van der Waals surface area contributed by atoms with E-state index in [1.54, 1.807) is 12.1 Å². The molecular formula is C22H28N2O4S. The van der Waals surface area contributed by atoms with Crippen molar-refractivity contribution in [2.75, 3.05) is 25.5 Å². The summed E-state index contributed by atoms with van der Waals surface area (Å²) >= 11 is 0. The van der Waals surface area contributed by atoms with Gasteiger partial charge in [-0.1, -0.05) is 18.2 Å². The summed E-state index contributed by atoms with van der Waals surface area (Å²) in [4.78, 5) is 12.9. The number of aryl methyl sites for hydroxylation is 3. The minimum absolute atomic E-state index is 0.0520. The molecule has 1 aliphatic rings. The first-order chi connectivity index (χ1) is 13.7. The molecule has 1 aliphatic heterocycles. The van der Waals surface area contributed by atoms with Gasteiger partial charge in [-0.15, -0.1) is 0 Å². The maximum Gasteiger partial charge on any atom is 0.246 e. The second-order valence-corrected chi connectivity index (χ2v) is 9.55. The van der Waals surface area contributed by atoms with Crippen molar-refractivity contribution in [3.63, 3.8) is 0 Å². The quantitative estimate of drug-likeness (QED) is 0.807. The highest BCUT2D eigenvalue weighted by Gasteiger charge is 2.33. The summed E-state index contributed by atoms with van der Waals surface area (Å²) in [6.07, 6.45) is 0.980. The molecule has 1 N–H and O–H groups in total. The summed E-state index contributed by atoms with van der Waals surface area (Å²) < 4.78 is 32.9. The van der Waals surface area contributed by atoms with Crippen LogP contribution in [0.5, 0.6) is 5.75 Å². The lowest BCUT2D eigenvalue weighted by Crippen LogP contribution is -2.41. The molecule has 1 fully saturated rings. The normalized spacial score (nSPS) is 15.9. The van der Waals surface area contributed by atoms with Gasteiger partial charge in [0.1, 0.15) is 10.6 Å². The first-order valence-corrected chi connectivity index (χ1v) is 11.2. The van der Waals surface area contributed by atoms with E-state index in [9.17, 15) is 13.2 Å². The van der Waals surface area contributed by atoms with Crippen LogP contribution in [0.1, 0.15) is 29.5 Å². The Morgan fingerprint density at radius 2 is 1.66 bits per heavy atom. The van der Waals surface area contributed by atoms with Crippen LogP contribution < -0.4 is 10.1 Å². The van der Waals surface area contributed by atoms with E-state index in [1.165, 1.54) is 11.4 Å². The Kier molecular flexibility index (Phi) is 6.29. The Balaban J connectivity index is 1.69. The largest absolute Gasteiger partial charge is 0.495 e. The second kappa shape index (κ2) is 8.55. The van der Waals surface area contributed by atoms with Crippen molar-refractivity contribution in [2.45, 2.75) is 38.5 Å². The molecule has 2 aromatic rings. The fourth-order valence-corrected chi connectivity index (χ4v) is 5.30. The summed E-state index contributed by atoms with van der Waals surface area (Å²) in [5, 5.41) is 3.00. The van der Waals surface area contributed by atoms with Crippen molar-refractivity contribution in [3.05, 3.63) is 53.1 Å². The van der Waals surface area contributed by atoms with E-state index in [4.69, 9.17) is 4.74 Å². The number of benzene rings is 2. The number of sulfonamides is 1. The van der Waals surface area contributed by atoms with E-state index in [0.717, 1.165) is 22.4 Å². The van der Waals surface area contributed by atoms with Crippen LogP contribution in [-0.2, 0) is 14.8 Å². The molecule has 156 valence electrons. The number of methoxy groups -OCH3 is 1. The SMILES string of the molecule is COc1ccc(C)cc1S(=O)(=O)N1CCC(C(=O)Nc2cc(C)ccc2C)CC1. The van der Waals surface area contributed by atoms with Gasteiger partial charge < -0.3 is 10.1 Å². The molecule has 0 aliphatic carbocycles. The third-order valence-corrected chi connectivity index (χ3v) is 7.33. The zero-order chi connectivity index (χ0) is 21.2. The Bertz CT molecular complexity index is 1010. The Morgan fingerprint density at radius 3 is 2.31 bits per heavy atom. The van der Waals surface area contributed by atoms with Gasteiger partial charge in [-0.3, -0.25) is 4.79 Å². The topological polar surface area (TPSA) is 75.7 Å². The van der Waals surface area contributed by atoms with E-state index >= 15 is 0 Å². The second-order valence-electron chi connectivity index (χ2n) is 7.64. The molecule has 0 unspecified atom stereocenters. The number of ether oxygens (including phenoxy) is 1. The minimum Gasteiger partial charge on any atom is -0.495 e. The van der Waals surface area contributed by atoms with E-state index in [0.29, 0.717) is 31.7 Å². The van der Waals surface area contributed by atoms with Gasteiger partial charge in [-0.05, 0) is 68.5 Å². The Hall–Kier alpha value is -2.38. The lowest BCUT2D eigenvalue weighted by atomic mass is 9.97. The molecule has 0 bridgehead atoms. The van der Waals surface area contributed by atoms with Crippen molar-refractivity contribution in [3.8, 4) is 5.75 Å². The van der Waals surface area contributed by atoms with Gasteiger partial charge in [0.2, 0.25) is 15.9 Å². The monoisotopic (exact) mass is 416 g/mol. The number of hydrogen-bond donors (Lipinski definition) is 1. The number of anilines is 1.